The minimum atomic E-state index is -3.06. The van der Waals surface area contributed by atoms with Crippen LogP contribution < -0.4 is 0 Å². The van der Waals surface area contributed by atoms with E-state index in [9.17, 15) is 8.42 Å². The molecule has 6 nitrogen and oxygen atoms in total. The lowest BCUT2D eigenvalue weighted by Crippen LogP contribution is -2.37. The van der Waals surface area contributed by atoms with Crippen molar-refractivity contribution in [2.24, 2.45) is 0 Å². The van der Waals surface area contributed by atoms with Gasteiger partial charge in [-0.3, -0.25) is 0 Å². The van der Waals surface area contributed by atoms with Gasteiger partial charge < -0.3 is 4.42 Å². The smallest absolute Gasteiger partial charge is 0.219 e. The Morgan fingerprint density at radius 2 is 1.56 bits per heavy atom. The van der Waals surface area contributed by atoms with Crippen molar-refractivity contribution in [1.29, 1.82) is 0 Å². The second-order valence-electron chi connectivity index (χ2n) is 5.19. The molecule has 1 saturated heterocycles. The Kier molecular flexibility index (Phi) is 2.90. The van der Waals surface area contributed by atoms with Gasteiger partial charge in [0.2, 0.25) is 21.8 Å². The van der Waals surface area contributed by atoms with Crippen LogP contribution in [0.1, 0.15) is 49.3 Å². The summed E-state index contributed by atoms with van der Waals surface area (Å²) in [6.45, 7) is 1.09. The van der Waals surface area contributed by atoms with Gasteiger partial charge in [-0.05, 0) is 25.7 Å². The maximum absolute atomic E-state index is 11.4. The summed E-state index contributed by atoms with van der Waals surface area (Å²) in [5.41, 5.74) is 0. The van der Waals surface area contributed by atoms with E-state index in [1.165, 1.54) is 10.6 Å². The third kappa shape index (κ3) is 2.42. The van der Waals surface area contributed by atoms with E-state index >= 15 is 0 Å². The van der Waals surface area contributed by atoms with E-state index in [2.05, 4.69) is 10.2 Å². The van der Waals surface area contributed by atoms with Crippen molar-refractivity contribution in [3.8, 4) is 0 Å². The van der Waals surface area contributed by atoms with Crippen LogP contribution >= 0.6 is 0 Å². The monoisotopic (exact) mass is 271 g/mol. The fourth-order valence-corrected chi connectivity index (χ4v) is 3.22. The van der Waals surface area contributed by atoms with Gasteiger partial charge in [0.15, 0.2) is 0 Å². The van der Waals surface area contributed by atoms with Crippen molar-refractivity contribution in [3.05, 3.63) is 11.8 Å². The molecule has 1 aromatic rings. The molecule has 18 heavy (non-hydrogen) atoms. The SMILES string of the molecule is CS(=O)(=O)N1CCC(c2nnc(C3CC3)o2)CC1. The molecule has 7 heteroatoms. The number of sulfonamides is 1. The van der Waals surface area contributed by atoms with Gasteiger partial charge in [-0.15, -0.1) is 10.2 Å². The number of rotatable bonds is 3. The predicted molar refractivity (Wildman–Crippen MR) is 64.7 cm³/mol. The lowest BCUT2D eigenvalue weighted by molar-refractivity contribution is 0.287. The molecule has 0 atom stereocenters. The van der Waals surface area contributed by atoms with Gasteiger partial charge in [0.05, 0.1) is 6.26 Å². The van der Waals surface area contributed by atoms with E-state index in [1.807, 2.05) is 0 Å². The van der Waals surface area contributed by atoms with Gasteiger partial charge in [0.1, 0.15) is 0 Å². The van der Waals surface area contributed by atoms with Crippen LogP contribution in [0, 0.1) is 0 Å². The Morgan fingerprint density at radius 3 is 2.00 bits per heavy atom. The summed E-state index contributed by atoms with van der Waals surface area (Å²) in [5, 5.41) is 8.18. The average molecular weight is 271 g/mol. The van der Waals surface area contributed by atoms with Crippen molar-refractivity contribution in [2.75, 3.05) is 19.3 Å². The van der Waals surface area contributed by atoms with Crippen molar-refractivity contribution in [2.45, 2.75) is 37.5 Å². The molecule has 0 aromatic carbocycles. The summed E-state index contributed by atoms with van der Waals surface area (Å²) in [6, 6.07) is 0. The van der Waals surface area contributed by atoms with Crippen LogP contribution in [0.15, 0.2) is 4.42 Å². The zero-order chi connectivity index (χ0) is 12.8. The molecule has 2 fully saturated rings. The van der Waals surface area contributed by atoms with Gasteiger partial charge in [-0.1, -0.05) is 0 Å². The zero-order valence-corrected chi connectivity index (χ0v) is 11.2. The highest BCUT2D eigenvalue weighted by Gasteiger charge is 2.32. The molecule has 2 heterocycles. The standard InChI is InChI=1S/C11H17N3O3S/c1-18(15,16)14-6-4-9(5-7-14)11-13-12-10(17-11)8-2-3-8/h8-9H,2-7H2,1H3. The van der Waals surface area contributed by atoms with E-state index in [1.54, 1.807) is 0 Å². The van der Waals surface area contributed by atoms with Crippen molar-refractivity contribution in [3.63, 3.8) is 0 Å². The van der Waals surface area contributed by atoms with Crippen molar-refractivity contribution < 1.29 is 12.8 Å². The molecule has 0 amide bonds. The molecular formula is C11H17N3O3S. The van der Waals surface area contributed by atoms with Gasteiger partial charge in [-0.25, -0.2) is 12.7 Å². The highest BCUT2D eigenvalue weighted by molar-refractivity contribution is 7.88. The maximum atomic E-state index is 11.4. The van der Waals surface area contributed by atoms with E-state index in [0.717, 1.165) is 31.6 Å². The minimum Gasteiger partial charge on any atom is -0.425 e. The van der Waals surface area contributed by atoms with Crippen LogP contribution in [0.25, 0.3) is 0 Å². The molecule has 0 N–H and O–H groups in total. The second-order valence-corrected chi connectivity index (χ2v) is 7.17. The first-order chi connectivity index (χ1) is 8.54. The summed E-state index contributed by atoms with van der Waals surface area (Å²) in [4.78, 5) is 0. The van der Waals surface area contributed by atoms with Gasteiger partial charge in [0.25, 0.3) is 0 Å². The van der Waals surface area contributed by atoms with Crippen molar-refractivity contribution >= 4 is 10.0 Å². The third-order valence-electron chi connectivity index (χ3n) is 3.66. The number of hydrogen-bond acceptors (Lipinski definition) is 5. The van der Waals surface area contributed by atoms with Crippen molar-refractivity contribution in [1.82, 2.24) is 14.5 Å². The lowest BCUT2D eigenvalue weighted by atomic mass is 9.98. The van der Waals surface area contributed by atoms with Crippen LogP contribution in [0.4, 0.5) is 0 Å². The number of piperidine rings is 1. The number of nitrogens with zero attached hydrogens (tertiary/aromatic N) is 3. The Hall–Kier alpha value is -0.950. The molecule has 1 aliphatic heterocycles. The molecule has 0 radical (unpaired) electrons. The van der Waals surface area contributed by atoms with Crippen LogP contribution in [0.2, 0.25) is 0 Å². The normalized spacial score (nSPS) is 23.4. The summed E-state index contributed by atoms with van der Waals surface area (Å²) in [5.74, 6) is 2.13. The van der Waals surface area contributed by atoms with Crippen LogP contribution in [0.3, 0.4) is 0 Å². The highest BCUT2D eigenvalue weighted by atomic mass is 32.2. The molecule has 0 spiro atoms. The molecule has 3 rings (SSSR count). The molecule has 0 bridgehead atoms. The summed E-state index contributed by atoms with van der Waals surface area (Å²) >= 11 is 0. The lowest BCUT2D eigenvalue weighted by Gasteiger charge is -2.28. The molecule has 2 aliphatic rings. The Morgan fingerprint density at radius 1 is 1.06 bits per heavy atom. The molecular weight excluding hydrogens is 254 g/mol. The van der Waals surface area contributed by atoms with E-state index in [-0.39, 0.29) is 5.92 Å². The average Bonchev–Trinajstić information content (AvgIpc) is 3.06. The van der Waals surface area contributed by atoms with Gasteiger partial charge in [-0.2, -0.15) is 0 Å². The first-order valence-electron chi connectivity index (χ1n) is 6.32. The molecule has 100 valence electrons. The summed E-state index contributed by atoms with van der Waals surface area (Å²) < 4.78 is 30.0. The van der Waals surface area contributed by atoms with E-state index in [4.69, 9.17) is 4.42 Å². The third-order valence-corrected chi connectivity index (χ3v) is 4.96. The van der Waals surface area contributed by atoms with Gasteiger partial charge >= 0.3 is 0 Å². The maximum Gasteiger partial charge on any atom is 0.219 e. The van der Waals surface area contributed by atoms with Gasteiger partial charge in [0, 0.05) is 24.9 Å². The predicted octanol–water partition coefficient (Wildman–Crippen LogP) is 1.09. The first-order valence-corrected chi connectivity index (χ1v) is 8.17. The quantitative estimate of drug-likeness (QED) is 0.822. The number of aromatic nitrogens is 2. The summed E-state index contributed by atoms with van der Waals surface area (Å²) in [6.07, 6.45) is 5.08. The Balaban J connectivity index is 1.64. The first kappa shape index (κ1) is 12.1. The minimum absolute atomic E-state index is 0.211. The van der Waals surface area contributed by atoms with E-state index < -0.39 is 10.0 Å². The topological polar surface area (TPSA) is 76.3 Å². The molecule has 0 unspecified atom stereocenters. The fraction of sp³-hybridized carbons (Fsp3) is 0.818. The summed E-state index contributed by atoms with van der Waals surface area (Å²) in [7, 11) is -3.06. The molecule has 1 saturated carbocycles. The number of hydrogen-bond donors (Lipinski definition) is 0. The second kappa shape index (κ2) is 4.31. The van der Waals surface area contributed by atoms with Crippen LogP contribution in [-0.4, -0.2) is 42.3 Å². The molecule has 1 aliphatic carbocycles. The molecule has 1 aromatic heterocycles. The Labute approximate surface area is 106 Å². The van der Waals surface area contributed by atoms with Crippen LogP contribution in [0.5, 0.6) is 0 Å². The fourth-order valence-electron chi connectivity index (χ4n) is 2.34. The Bertz CT molecular complexity index is 527. The van der Waals surface area contributed by atoms with E-state index in [0.29, 0.717) is 24.9 Å². The largest absolute Gasteiger partial charge is 0.425 e. The van der Waals surface area contributed by atoms with Crippen LogP contribution in [-0.2, 0) is 10.0 Å². The zero-order valence-electron chi connectivity index (χ0n) is 10.4. The highest BCUT2D eigenvalue weighted by Crippen LogP contribution is 2.40.